The van der Waals surface area contributed by atoms with Crippen LogP contribution in [0.4, 0.5) is 4.39 Å². The summed E-state index contributed by atoms with van der Waals surface area (Å²) in [4.78, 5) is 14.5. The van der Waals surface area contributed by atoms with Gasteiger partial charge < -0.3 is 9.64 Å². The average Bonchev–Trinajstić information content (AvgIpc) is 2.67. The maximum absolute atomic E-state index is 12.9. The number of carbonyl (C=O) groups is 1. The van der Waals surface area contributed by atoms with Gasteiger partial charge >= 0.3 is 0 Å². The molecule has 0 N–H and O–H groups in total. The van der Waals surface area contributed by atoms with Gasteiger partial charge in [-0.25, -0.2) is 4.39 Å². The van der Waals surface area contributed by atoms with E-state index in [1.54, 1.807) is 36.4 Å². The number of likely N-dealkylation sites (tertiary alicyclic amines) is 1. The summed E-state index contributed by atoms with van der Waals surface area (Å²) in [6.07, 6.45) is 1.91. The zero-order chi connectivity index (χ0) is 17.6. The van der Waals surface area contributed by atoms with Crippen LogP contribution >= 0.6 is 0 Å². The van der Waals surface area contributed by atoms with Gasteiger partial charge in [0.1, 0.15) is 11.6 Å². The van der Waals surface area contributed by atoms with E-state index in [2.05, 4.69) is 6.07 Å². The Morgan fingerprint density at radius 1 is 1.28 bits per heavy atom. The Kier molecular flexibility index (Phi) is 5.30. The van der Waals surface area contributed by atoms with Crippen molar-refractivity contribution in [2.24, 2.45) is 5.92 Å². The number of ether oxygens (including phenoxy) is 1. The van der Waals surface area contributed by atoms with Crippen LogP contribution in [0.15, 0.2) is 48.5 Å². The number of halogens is 1. The Morgan fingerprint density at radius 3 is 2.84 bits per heavy atom. The monoisotopic (exact) mass is 338 g/mol. The molecule has 0 aliphatic carbocycles. The van der Waals surface area contributed by atoms with Gasteiger partial charge in [0.05, 0.1) is 18.2 Å². The SMILES string of the molecule is N#Cc1cccc(C(=O)N2CCC[C@H](COc3ccc(F)cc3)C2)c1. The molecular weight excluding hydrogens is 319 g/mol. The fraction of sp³-hybridized carbons (Fsp3) is 0.300. The molecule has 2 aromatic carbocycles. The van der Waals surface area contributed by atoms with Gasteiger partial charge in [-0.2, -0.15) is 5.26 Å². The molecule has 1 aliphatic heterocycles. The topological polar surface area (TPSA) is 53.3 Å². The number of amides is 1. The number of rotatable bonds is 4. The Bertz CT molecular complexity index is 783. The van der Waals surface area contributed by atoms with E-state index in [0.29, 0.717) is 36.6 Å². The van der Waals surface area contributed by atoms with Gasteiger partial charge in [-0.05, 0) is 55.3 Å². The summed E-state index contributed by atoms with van der Waals surface area (Å²) < 4.78 is 18.6. The third-order valence-electron chi connectivity index (χ3n) is 4.34. The third-order valence-corrected chi connectivity index (χ3v) is 4.34. The van der Waals surface area contributed by atoms with Gasteiger partial charge in [-0.15, -0.1) is 0 Å². The highest BCUT2D eigenvalue weighted by atomic mass is 19.1. The molecule has 4 nitrogen and oxygen atoms in total. The lowest BCUT2D eigenvalue weighted by molar-refractivity contribution is 0.0633. The molecule has 128 valence electrons. The molecule has 25 heavy (non-hydrogen) atoms. The second-order valence-corrected chi connectivity index (χ2v) is 6.22. The van der Waals surface area contributed by atoms with Crippen molar-refractivity contribution in [1.29, 1.82) is 5.26 Å². The molecule has 0 spiro atoms. The highest BCUT2D eigenvalue weighted by molar-refractivity contribution is 5.94. The van der Waals surface area contributed by atoms with E-state index in [0.717, 1.165) is 12.8 Å². The second kappa shape index (κ2) is 7.80. The molecule has 0 bridgehead atoms. The number of carbonyl (C=O) groups excluding carboxylic acids is 1. The first-order chi connectivity index (χ1) is 12.2. The number of hydrogen-bond donors (Lipinski definition) is 0. The number of hydrogen-bond acceptors (Lipinski definition) is 3. The first-order valence-corrected chi connectivity index (χ1v) is 8.33. The average molecular weight is 338 g/mol. The van der Waals surface area contributed by atoms with Crippen LogP contribution in [0, 0.1) is 23.1 Å². The normalized spacial score (nSPS) is 17.0. The molecule has 1 atom stereocenters. The van der Waals surface area contributed by atoms with Crippen LogP contribution in [0.1, 0.15) is 28.8 Å². The van der Waals surface area contributed by atoms with E-state index >= 15 is 0 Å². The predicted octanol–water partition coefficient (Wildman–Crippen LogP) is 3.63. The minimum Gasteiger partial charge on any atom is -0.493 e. The van der Waals surface area contributed by atoms with Crippen LogP contribution in [0.3, 0.4) is 0 Å². The van der Waals surface area contributed by atoms with E-state index in [4.69, 9.17) is 10.00 Å². The zero-order valence-corrected chi connectivity index (χ0v) is 13.8. The van der Waals surface area contributed by atoms with Crippen molar-refractivity contribution in [2.45, 2.75) is 12.8 Å². The van der Waals surface area contributed by atoms with E-state index < -0.39 is 0 Å². The molecule has 0 saturated carbocycles. The molecule has 1 heterocycles. The first kappa shape index (κ1) is 17.0. The van der Waals surface area contributed by atoms with Gasteiger partial charge in [0, 0.05) is 24.6 Å². The summed E-state index contributed by atoms with van der Waals surface area (Å²) in [5.41, 5.74) is 1.03. The molecule has 1 aliphatic rings. The lowest BCUT2D eigenvalue weighted by Gasteiger charge is -2.32. The van der Waals surface area contributed by atoms with Crippen LogP contribution < -0.4 is 4.74 Å². The predicted molar refractivity (Wildman–Crippen MR) is 91.7 cm³/mol. The quantitative estimate of drug-likeness (QED) is 0.855. The number of nitrogens with zero attached hydrogens (tertiary/aromatic N) is 2. The first-order valence-electron chi connectivity index (χ1n) is 8.33. The van der Waals surface area contributed by atoms with Crippen LogP contribution in [-0.2, 0) is 0 Å². The van der Waals surface area contributed by atoms with Crippen molar-refractivity contribution in [3.8, 4) is 11.8 Å². The van der Waals surface area contributed by atoms with Crippen molar-refractivity contribution in [1.82, 2.24) is 4.90 Å². The second-order valence-electron chi connectivity index (χ2n) is 6.22. The molecule has 1 amide bonds. The van der Waals surface area contributed by atoms with E-state index in [1.165, 1.54) is 12.1 Å². The van der Waals surface area contributed by atoms with Gasteiger partial charge in [0.25, 0.3) is 5.91 Å². The highest BCUT2D eigenvalue weighted by Crippen LogP contribution is 2.21. The van der Waals surface area contributed by atoms with Crippen molar-refractivity contribution < 1.29 is 13.9 Å². The minimum absolute atomic E-state index is 0.0522. The van der Waals surface area contributed by atoms with Gasteiger partial charge in [0.2, 0.25) is 0 Å². The number of piperidine rings is 1. The fourth-order valence-electron chi connectivity index (χ4n) is 3.03. The fourth-order valence-corrected chi connectivity index (χ4v) is 3.03. The molecule has 0 radical (unpaired) electrons. The summed E-state index contributed by atoms with van der Waals surface area (Å²) in [5.74, 6) is 0.526. The Hall–Kier alpha value is -2.87. The Morgan fingerprint density at radius 2 is 2.08 bits per heavy atom. The largest absolute Gasteiger partial charge is 0.493 e. The van der Waals surface area contributed by atoms with E-state index in [9.17, 15) is 9.18 Å². The Balaban J connectivity index is 1.59. The van der Waals surface area contributed by atoms with Crippen molar-refractivity contribution in [2.75, 3.05) is 19.7 Å². The standard InChI is InChI=1S/C20H19FN2O2/c21-18-6-8-19(9-7-18)25-14-16-4-2-10-23(13-16)20(24)17-5-1-3-15(11-17)12-22/h1,3,5-9,11,16H,2,4,10,13-14H2/t16-/m0/s1. The molecular formula is C20H19FN2O2. The van der Waals surface area contributed by atoms with Crippen molar-refractivity contribution >= 4 is 5.91 Å². The van der Waals surface area contributed by atoms with Gasteiger partial charge in [-0.1, -0.05) is 6.07 Å². The summed E-state index contributed by atoms with van der Waals surface area (Å²) in [6, 6.07) is 14.8. The lowest BCUT2D eigenvalue weighted by Crippen LogP contribution is -2.41. The highest BCUT2D eigenvalue weighted by Gasteiger charge is 2.25. The zero-order valence-electron chi connectivity index (χ0n) is 13.8. The molecule has 3 rings (SSSR count). The molecule has 0 aromatic heterocycles. The van der Waals surface area contributed by atoms with Gasteiger partial charge in [0.15, 0.2) is 0 Å². The van der Waals surface area contributed by atoms with Crippen LogP contribution in [-0.4, -0.2) is 30.5 Å². The van der Waals surface area contributed by atoms with E-state index in [1.807, 2.05) is 4.90 Å². The maximum Gasteiger partial charge on any atom is 0.253 e. The molecule has 5 heteroatoms. The smallest absolute Gasteiger partial charge is 0.253 e. The van der Waals surface area contributed by atoms with Gasteiger partial charge in [-0.3, -0.25) is 4.79 Å². The molecule has 2 aromatic rings. The summed E-state index contributed by atoms with van der Waals surface area (Å²) in [6.45, 7) is 1.83. The number of benzene rings is 2. The van der Waals surface area contributed by atoms with Crippen LogP contribution in [0.5, 0.6) is 5.75 Å². The summed E-state index contributed by atoms with van der Waals surface area (Å²) in [5, 5.41) is 8.98. The molecule has 0 unspecified atom stereocenters. The maximum atomic E-state index is 12.9. The number of nitriles is 1. The minimum atomic E-state index is -0.290. The van der Waals surface area contributed by atoms with Crippen molar-refractivity contribution in [3.63, 3.8) is 0 Å². The Labute approximate surface area is 146 Å². The molecule has 1 fully saturated rings. The molecule has 1 saturated heterocycles. The third kappa shape index (κ3) is 4.36. The van der Waals surface area contributed by atoms with Crippen LogP contribution in [0.2, 0.25) is 0 Å². The van der Waals surface area contributed by atoms with Crippen molar-refractivity contribution in [3.05, 3.63) is 65.5 Å². The lowest BCUT2D eigenvalue weighted by atomic mass is 9.98. The van der Waals surface area contributed by atoms with Crippen LogP contribution in [0.25, 0.3) is 0 Å². The summed E-state index contributed by atoms with van der Waals surface area (Å²) in [7, 11) is 0. The van der Waals surface area contributed by atoms with E-state index in [-0.39, 0.29) is 17.6 Å². The summed E-state index contributed by atoms with van der Waals surface area (Å²) >= 11 is 0.